The molecular formula is C8H13NO4. The first kappa shape index (κ1) is 11.8. The van der Waals surface area contributed by atoms with Crippen LogP contribution in [0.3, 0.4) is 0 Å². The van der Waals surface area contributed by atoms with Crippen molar-refractivity contribution >= 4 is 18.0 Å². The second-order valence-electron chi connectivity index (χ2n) is 2.69. The Labute approximate surface area is 76.4 Å². The summed E-state index contributed by atoms with van der Waals surface area (Å²) in [6, 6.07) is -0.520. The summed E-state index contributed by atoms with van der Waals surface area (Å²) in [7, 11) is 0. The van der Waals surface area contributed by atoms with Gasteiger partial charge in [-0.2, -0.15) is 0 Å². The first-order chi connectivity index (χ1) is 6.06. The van der Waals surface area contributed by atoms with E-state index in [2.05, 4.69) is 5.32 Å². The lowest BCUT2D eigenvalue weighted by atomic mass is 10.4. The van der Waals surface area contributed by atoms with Crippen molar-refractivity contribution in [2.75, 3.05) is 13.2 Å². The molecule has 5 nitrogen and oxygen atoms in total. The van der Waals surface area contributed by atoms with Gasteiger partial charge in [-0.05, 0) is 13.8 Å². The van der Waals surface area contributed by atoms with Crippen LogP contribution in [0.5, 0.6) is 0 Å². The van der Waals surface area contributed by atoms with E-state index in [9.17, 15) is 14.4 Å². The van der Waals surface area contributed by atoms with E-state index in [0.29, 0.717) is 6.29 Å². The van der Waals surface area contributed by atoms with Gasteiger partial charge < -0.3 is 14.8 Å². The van der Waals surface area contributed by atoms with Crippen LogP contribution in [0.15, 0.2) is 0 Å². The van der Waals surface area contributed by atoms with E-state index in [1.54, 1.807) is 6.92 Å². The summed E-state index contributed by atoms with van der Waals surface area (Å²) in [5.74, 6) is -0.544. The van der Waals surface area contributed by atoms with Crippen LogP contribution in [-0.4, -0.2) is 37.2 Å². The second-order valence-corrected chi connectivity index (χ2v) is 2.69. The molecule has 1 unspecified atom stereocenters. The van der Waals surface area contributed by atoms with E-state index >= 15 is 0 Å². The number of aldehydes is 1. The number of hydrogen-bond acceptors (Lipinski definition) is 4. The molecule has 1 atom stereocenters. The first-order valence-electron chi connectivity index (χ1n) is 3.88. The number of nitrogens with one attached hydrogen (secondary N) is 1. The second kappa shape index (κ2) is 6.30. The average Bonchev–Trinajstić information content (AvgIpc) is 2.03. The smallest absolute Gasteiger partial charge is 0.246 e. The molecule has 0 radical (unpaired) electrons. The van der Waals surface area contributed by atoms with Crippen LogP contribution >= 0.6 is 0 Å². The number of rotatable bonds is 6. The fourth-order valence-corrected chi connectivity index (χ4v) is 0.617. The van der Waals surface area contributed by atoms with Crippen molar-refractivity contribution in [3.63, 3.8) is 0 Å². The Kier molecular flexibility index (Phi) is 5.71. The molecule has 0 heterocycles. The molecule has 0 bridgehead atoms. The van der Waals surface area contributed by atoms with Crippen LogP contribution in [0.1, 0.15) is 13.8 Å². The Morgan fingerprint density at radius 1 is 1.46 bits per heavy atom. The number of amides is 1. The SMILES string of the molecule is CC(=O)COCC(=O)NC(C)C=O. The van der Waals surface area contributed by atoms with Gasteiger partial charge in [0.15, 0.2) is 5.78 Å². The number of carbonyl (C=O) groups excluding carboxylic acids is 3. The Balaban J connectivity index is 3.51. The Bertz CT molecular complexity index is 202. The molecule has 1 amide bonds. The van der Waals surface area contributed by atoms with Crippen LogP contribution in [0.4, 0.5) is 0 Å². The molecule has 0 saturated carbocycles. The third kappa shape index (κ3) is 7.14. The molecule has 13 heavy (non-hydrogen) atoms. The summed E-state index contributed by atoms with van der Waals surface area (Å²) in [6.45, 7) is 2.64. The highest BCUT2D eigenvalue weighted by Gasteiger charge is 2.05. The predicted octanol–water partition coefficient (Wildman–Crippen LogP) is -0.704. The molecule has 0 aliphatic carbocycles. The van der Waals surface area contributed by atoms with Crippen molar-refractivity contribution in [2.45, 2.75) is 19.9 Å². The van der Waals surface area contributed by atoms with E-state index in [4.69, 9.17) is 4.74 Å². The minimum atomic E-state index is -0.520. The zero-order chi connectivity index (χ0) is 10.3. The van der Waals surface area contributed by atoms with Gasteiger partial charge in [0.05, 0.1) is 6.04 Å². The van der Waals surface area contributed by atoms with Crippen molar-refractivity contribution in [3.05, 3.63) is 0 Å². The van der Waals surface area contributed by atoms with Gasteiger partial charge in [-0.25, -0.2) is 0 Å². The summed E-state index contributed by atoms with van der Waals surface area (Å²) in [6.07, 6.45) is 0.614. The summed E-state index contributed by atoms with van der Waals surface area (Å²) < 4.78 is 4.72. The van der Waals surface area contributed by atoms with E-state index in [1.165, 1.54) is 6.92 Å². The van der Waals surface area contributed by atoms with Gasteiger partial charge in [-0.15, -0.1) is 0 Å². The van der Waals surface area contributed by atoms with Gasteiger partial charge in [0.1, 0.15) is 19.5 Å². The number of ketones is 1. The fourth-order valence-electron chi connectivity index (χ4n) is 0.617. The summed E-state index contributed by atoms with van der Waals surface area (Å²) >= 11 is 0. The lowest BCUT2D eigenvalue weighted by Gasteiger charge is -2.06. The Hall–Kier alpha value is -1.23. The Morgan fingerprint density at radius 2 is 2.08 bits per heavy atom. The van der Waals surface area contributed by atoms with Gasteiger partial charge in [0.2, 0.25) is 5.91 Å². The minimum Gasteiger partial charge on any atom is -0.364 e. The Morgan fingerprint density at radius 3 is 2.54 bits per heavy atom. The number of ether oxygens (including phenoxy) is 1. The molecule has 5 heteroatoms. The van der Waals surface area contributed by atoms with Crippen molar-refractivity contribution in [2.24, 2.45) is 0 Å². The predicted molar refractivity (Wildman–Crippen MR) is 45.2 cm³/mol. The molecule has 0 aromatic carbocycles. The molecule has 0 rings (SSSR count). The van der Waals surface area contributed by atoms with Crippen LogP contribution in [0.25, 0.3) is 0 Å². The van der Waals surface area contributed by atoms with Crippen LogP contribution < -0.4 is 5.32 Å². The largest absolute Gasteiger partial charge is 0.364 e. The van der Waals surface area contributed by atoms with Crippen molar-refractivity contribution in [3.8, 4) is 0 Å². The summed E-state index contributed by atoms with van der Waals surface area (Å²) in [5, 5.41) is 2.36. The van der Waals surface area contributed by atoms with Crippen LogP contribution in [0, 0.1) is 0 Å². The van der Waals surface area contributed by atoms with E-state index in [-0.39, 0.29) is 19.0 Å². The van der Waals surface area contributed by atoms with Crippen LogP contribution in [0.2, 0.25) is 0 Å². The highest BCUT2D eigenvalue weighted by molar-refractivity contribution is 5.81. The third-order valence-corrected chi connectivity index (χ3v) is 1.13. The van der Waals surface area contributed by atoms with Crippen molar-refractivity contribution in [1.82, 2.24) is 5.32 Å². The monoisotopic (exact) mass is 187 g/mol. The molecule has 0 aromatic heterocycles. The number of carbonyl (C=O) groups is 3. The average molecular weight is 187 g/mol. The maximum atomic E-state index is 10.9. The molecule has 0 aliphatic rings. The van der Waals surface area contributed by atoms with E-state index in [0.717, 1.165) is 0 Å². The normalized spacial score (nSPS) is 11.8. The van der Waals surface area contributed by atoms with Gasteiger partial charge in [-0.1, -0.05) is 0 Å². The van der Waals surface area contributed by atoms with Gasteiger partial charge in [-0.3, -0.25) is 9.59 Å². The quantitative estimate of drug-likeness (QED) is 0.558. The molecule has 0 spiro atoms. The van der Waals surface area contributed by atoms with Crippen molar-refractivity contribution < 1.29 is 19.1 Å². The van der Waals surface area contributed by atoms with Crippen LogP contribution in [-0.2, 0) is 19.1 Å². The molecule has 0 aromatic rings. The number of Topliss-reactive ketones (excluding diaryl/α,β-unsaturated/α-hetero) is 1. The van der Waals surface area contributed by atoms with Gasteiger partial charge in [0.25, 0.3) is 0 Å². The van der Waals surface area contributed by atoms with Gasteiger partial charge >= 0.3 is 0 Å². The molecular weight excluding hydrogens is 174 g/mol. The van der Waals surface area contributed by atoms with Crippen molar-refractivity contribution in [1.29, 1.82) is 0 Å². The molecule has 0 saturated heterocycles. The third-order valence-electron chi connectivity index (χ3n) is 1.13. The lowest BCUT2D eigenvalue weighted by molar-refractivity contribution is -0.130. The minimum absolute atomic E-state index is 0.0805. The molecule has 74 valence electrons. The standard InChI is InChI=1S/C8H13NO4/c1-6(3-10)9-8(12)5-13-4-7(2)11/h3,6H,4-5H2,1-2H3,(H,9,12). The fraction of sp³-hybridized carbons (Fsp3) is 0.625. The lowest BCUT2D eigenvalue weighted by Crippen LogP contribution is -2.36. The molecule has 1 N–H and O–H groups in total. The van der Waals surface area contributed by atoms with Gasteiger partial charge in [0, 0.05) is 0 Å². The maximum Gasteiger partial charge on any atom is 0.246 e. The topological polar surface area (TPSA) is 72.5 Å². The van der Waals surface area contributed by atoms with E-state index < -0.39 is 11.9 Å². The first-order valence-corrected chi connectivity index (χ1v) is 3.88. The highest BCUT2D eigenvalue weighted by Crippen LogP contribution is 1.79. The maximum absolute atomic E-state index is 10.9. The number of hydrogen-bond donors (Lipinski definition) is 1. The molecule has 0 aliphatic heterocycles. The highest BCUT2D eigenvalue weighted by atomic mass is 16.5. The zero-order valence-electron chi connectivity index (χ0n) is 7.70. The summed E-state index contributed by atoms with van der Waals surface area (Å²) in [5.41, 5.74) is 0. The van der Waals surface area contributed by atoms with E-state index in [1.807, 2.05) is 0 Å². The summed E-state index contributed by atoms with van der Waals surface area (Å²) in [4.78, 5) is 31.4. The zero-order valence-corrected chi connectivity index (χ0v) is 7.70. The molecule has 0 fully saturated rings.